The molecule has 7 nitrogen and oxygen atoms in total. The Morgan fingerprint density at radius 3 is 1.93 bits per heavy atom. The zero-order chi connectivity index (χ0) is 21.2. The second-order valence-corrected chi connectivity index (χ2v) is 8.70. The first-order chi connectivity index (χ1) is 13.0. The van der Waals surface area contributed by atoms with Crippen molar-refractivity contribution < 1.29 is 22.7 Å². The number of benzene rings is 2. The fraction of sp³-hybridized carbons (Fsp3) is 0.350. The maximum atomic E-state index is 13.1. The second kappa shape index (κ2) is 8.10. The fourth-order valence-electron chi connectivity index (χ4n) is 3.05. The van der Waals surface area contributed by atoms with E-state index in [1.54, 1.807) is 0 Å². The van der Waals surface area contributed by atoms with Crippen LogP contribution in [0.4, 0.5) is 11.4 Å². The van der Waals surface area contributed by atoms with E-state index in [4.69, 9.17) is 9.47 Å². The Bertz CT molecular complexity index is 992. The number of ether oxygens (including phenoxy) is 2. The summed E-state index contributed by atoms with van der Waals surface area (Å²) < 4.78 is 35.8. The zero-order valence-electron chi connectivity index (χ0n) is 17.2. The zero-order valence-corrected chi connectivity index (χ0v) is 18.0. The third-order valence-corrected chi connectivity index (χ3v) is 5.69. The van der Waals surface area contributed by atoms with Gasteiger partial charge in [0.05, 0.1) is 31.7 Å². The van der Waals surface area contributed by atoms with Crippen LogP contribution in [0, 0.1) is 20.8 Å². The molecular weight excluding hydrogens is 380 g/mol. The molecule has 2 rings (SSSR count). The third kappa shape index (κ3) is 4.39. The lowest BCUT2D eigenvalue weighted by atomic mass is 10.0. The summed E-state index contributed by atoms with van der Waals surface area (Å²) in [4.78, 5) is 13.1. The Labute approximate surface area is 166 Å². The van der Waals surface area contributed by atoms with Crippen LogP contribution in [0.5, 0.6) is 11.5 Å². The predicted octanol–water partition coefficient (Wildman–Crippen LogP) is 3.28. The minimum absolute atomic E-state index is 0.157. The lowest BCUT2D eigenvalue weighted by Crippen LogP contribution is -2.28. The maximum absolute atomic E-state index is 13.1. The molecule has 0 bridgehead atoms. The second-order valence-electron chi connectivity index (χ2n) is 6.68. The molecule has 0 saturated heterocycles. The van der Waals surface area contributed by atoms with Gasteiger partial charge in [-0.3, -0.25) is 9.10 Å². The number of nitrogens with one attached hydrogen (secondary N) is 1. The van der Waals surface area contributed by atoms with Gasteiger partial charge < -0.3 is 14.8 Å². The number of carbonyl (C=O) groups excluding carboxylic acids is 1. The van der Waals surface area contributed by atoms with Gasteiger partial charge in [-0.05, 0) is 38.0 Å². The summed E-state index contributed by atoms with van der Waals surface area (Å²) >= 11 is 0. The van der Waals surface area contributed by atoms with Crippen molar-refractivity contribution >= 4 is 27.3 Å². The summed E-state index contributed by atoms with van der Waals surface area (Å²) in [7, 11) is 0.688. The van der Waals surface area contributed by atoms with E-state index in [9.17, 15) is 13.2 Å². The quantitative estimate of drug-likeness (QED) is 0.796. The van der Waals surface area contributed by atoms with Crippen LogP contribution in [-0.2, 0) is 10.0 Å². The van der Waals surface area contributed by atoms with Crippen LogP contribution in [0.25, 0.3) is 0 Å². The van der Waals surface area contributed by atoms with Gasteiger partial charge in [0.25, 0.3) is 5.91 Å². The predicted molar refractivity (Wildman–Crippen MR) is 111 cm³/mol. The number of carbonyl (C=O) groups is 1. The molecule has 8 heteroatoms. The molecular formula is C20H26N2O5S. The monoisotopic (exact) mass is 406 g/mol. The molecule has 0 radical (unpaired) electrons. The summed E-state index contributed by atoms with van der Waals surface area (Å²) in [5.41, 5.74) is 3.98. The van der Waals surface area contributed by atoms with Crippen LogP contribution in [0.3, 0.4) is 0 Å². The first kappa shape index (κ1) is 21.6. The number of nitrogens with zero attached hydrogens (tertiary/aromatic N) is 1. The molecule has 0 atom stereocenters. The number of rotatable bonds is 6. The van der Waals surface area contributed by atoms with E-state index in [0.717, 1.165) is 27.3 Å². The summed E-state index contributed by atoms with van der Waals surface area (Å²) in [6, 6.07) is 6.90. The molecule has 0 fully saturated rings. The minimum atomic E-state index is -3.59. The molecule has 0 aliphatic rings. The van der Waals surface area contributed by atoms with E-state index in [-0.39, 0.29) is 11.3 Å². The van der Waals surface area contributed by atoms with Crippen molar-refractivity contribution in [3.63, 3.8) is 0 Å². The number of methoxy groups -OCH3 is 2. The molecule has 28 heavy (non-hydrogen) atoms. The first-order valence-corrected chi connectivity index (χ1v) is 10.4. The van der Waals surface area contributed by atoms with E-state index in [0.29, 0.717) is 17.2 Å². The van der Waals surface area contributed by atoms with Crippen molar-refractivity contribution in [2.45, 2.75) is 20.8 Å². The average Bonchev–Trinajstić information content (AvgIpc) is 2.61. The normalized spacial score (nSPS) is 11.1. The largest absolute Gasteiger partial charge is 0.493 e. The summed E-state index contributed by atoms with van der Waals surface area (Å²) in [6.45, 7) is 5.81. The molecule has 0 aliphatic carbocycles. The van der Waals surface area contributed by atoms with Gasteiger partial charge in [0.15, 0.2) is 11.5 Å². The van der Waals surface area contributed by atoms with E-state index >= 15 is 0 Å². The van der Waals surface area contributed by atoms with Gasteiger partial charge in [-0.15, -0.1) is 0 Å². The van der Waals surface area contributed by atoms with Gasteiger partial charge in [-0.2, -0.15) is 0 Å². The molecule has 1 N–H and O–H groups in total. The van der Waals surface area contributed by atoms with Crippen molar-refractivity contribution in [2.75, 3.05) is 37.1 Å². The lowest BCUT2D eigenvalue weighted by Gasteiger charge is -2.22. The first-order valence-electron chi connectivity index (χ1n) is 8.58. The summed E-state index contributed by atoms with van der Waals surface area (Å²) in [5.74, 6) is 0.212. The number of amides is 1. The fourth-order valence-corrected chi connectivity index (χ4v) is 3.56. The van der Waals surface area contributed by atoms with E-state index in [2.05, 4.69) is 5.32 Å². The lowest BCUT2D eigenvalue weighted by molar-refractivity contribution is 0.102. The highest BCUT2D eigenvalue weighted by atomic mass is 32.2. The Balaban J connectivity index is 2.61. The topological polar surface area (TPSA) is 84.9 Å². The molecule has 1 amide bonds. The highest BCUT2D eigenvalue weighted by Gasteiger charge is 2.24. The van der Waals surface area contributed by atoms with E-state index in [1.807, 2.05) is 32.9 Å². The number of sulfonamides is 1. The van der Waals surface area contributed by atoms with Crippen molar-refractivity contribution in [3.8, 4) is 11.5 Å². The van der Waals surface area contributed by atoms with Crippen molar-refractivity contribution in [1.82, 2.24) is 0 Å². The average molecular weight is 407 g/mol. The van der Waals surface area contributed by atoms with Gasteiger partial charge in [0, 0.05) is 18.8 Å². The Morgan fingerprint density at radius 1 is 0.964 bits per heavy atom. The SMILES string of the molecule is COc1cc(C(=O)Nc2c(C)cc(C)cc2C)c(N(C)S(C)(=O)=O)cc1OC. The van der Waals surface area contributed by atoms with Gasteiger partial charge in [-0.1, -0.05) is 17.7 Å². The Kier molecular flexibility index (Phi) is 6.23. The van der Waals surface area contributed by atoms with Crippen LogP contribution in [0.2, 0.25) is 0 Å². The summed E-state index contributed by atoms with van der Waals surface area (Å²) in [5, 5.41) is 2.90. The van der Waals surface area contributed by atoms with Gasteiger partial charge in [0.2, 0.25) is 10.0 Å². The van der Waals surface area contributed by atoms with Crippen LogP contribution < -0.4 is 19.1 Å². The minimum Gasteiger partial charge on any atom is -0.493 e. The number of hydrogen-bond acceptors (Lipinski definition) is 5. The Hall–Kier alpha value is -2.74. The van der Waals surface area contributed by atoms with Crippen molar-refractivity contribution in [3.05, 3.63) is 46.5 Å². The number of aryl methyl sites for hydroxylation is 3. The van der Waals surface area contributed by atoms with E-state index in [1.165, 1.54) is 33.4 Å². The molecule has 0 heterocycles. The highest BCUT2D eigenvalue weighted by molar-refractivity contribution is 7.92. The molecule has 0 aromatic heterocycles. The van der Waals surface area contributed by atoms with E-state index < -0.39 is 15.9 Å². The summed E-state index contributed by atoms with van der Waals surface area (Å²) in [6.07, 6.45) is 1.07. The van der Waals surface area contributed by atoms with Crippen LogP contribution in [0.15, 0.2) is 24.3 Å². The molecule has 2 aromatic carbocycles. The molecule has 2 aromatic rings. The van der Waals surface area contributed by atoms with Gasteiger partial charge >= 0.3 is 0 Å². The molecule has 0 saturated carbocycles. The highest BCUT2D eigenvalue weighted by Crippen LogP contribution is 2.36. The smallest absolute Gasteiger partial charge is 0.257 e. The Morgan fingerprint density at radius 2 is 1.46 bits per heavy atom. The van der Waals surface area contributed by atoms with Crippen molar-refractivity contribution in [1.29, 1.82) is 0 Å². The standard InChI is InChI=1S/C20H26N2O5S/c1-12-8-13(2)19(14(3)9-12)21-20(23)15-10-17(26-5)18(27-6)11-16(15)22(4)28(7,24)25/h8-11H,1-7H3,(H,21,23). The van der Waals surface area contributed by atoms with Crippen LogP contribution in [-0.4, -0.2) is 41.8 Å². The molecule has 0 unspecified atom stereocenters. The molecule has 0 spiro atoms. The number of hydrogen-bond donors (Lipinski definition) is 1. The third-order valence-electron chi connectivity index (χ3n) is 4.50. The van der Waals surface area contributed by atoms with Crippen LogP contribution in [0.1, 0.15) is 27.0 Å². The van der Waals surface area contributed by atoms with Crippen LogP contribution >= 0.6 is 0 Å². The van der Waals surface area contributed by atoms with Gasteiger partial charge in [-0.25, -0.2) is 8.42 Å². The molecule has 152 valence electrons. The van der Waals surface area contributed by atoms with Gasteiger partial charge in [0.1, 0.15) is 0 Å². The number of anilines is 2. The van der Waals surface area contributed by atoms with Crippen molar-refractivity contribution in [2.24, 2.45) is 0 Å². The maximum Gasteiger partial charge on any atom is 0.257 e. The molecule has 0 aliphatic heterocycles.